The van der Waals surface area contributed by atoms with Crippen LogP contribution in [0.4, 0.5) is 5.69 Å². The van der Waals surface area contributed by atoms with Gasteiger partial charge in [0.25, 0.3) is 5.91 Å². The van der Waals surface area contributed by atoms with Crippen molar-refractivity contribution < 1.29 is 17.9 Å². The van der Waals surface area contributed by atoms with Gasteiger partial charge in [-0.05, 0) is 36.6 Å². The number of aromatic nitrogens is 1. The number of carbonyl (C=O) groups is 1. The lowest BCUT2D eigenvalue weighted by Gasteiger charge is -2.25. The molecule has 0 radical (unpaired) electrons. The molecule has 1 amide bonds. The summed E-state index contributed by atoms with van der Waals surface area (Å²) in [5.74, 6) is 0.175. The highest BCUT2D eigenvalue weighted by molar-refractivity contribution is 7.89. The average Bonchev–Trinajstić information content (AvgIpc) is 3.24. The molecule has 4 rings (SSSR count). The Bertz CT molecular complexity index is 1200. The highest BCUT2D eigenvalue weighted by Crippen LogP contribution is 2.26. The average molecular weight is 468 g/mol. The number of benzene rings is 2. The number of piperidine rings is 1. The first-order valence-corrected chi connectivity index (χ1v) is 12.6. The van der Waals surface area contributed by atoms with Gasteiger partial charge in [-0.3, -0.25) is 4.79 Å². The Morgan fingerprint density at radius 2 is 1.70 bits per heavy atom. The van der Waals surface area contributed by atoms with Gasteiger partial charge in [0.05, 0.1) is 12.3 Å². The summed E-state index contributed by atoms with van der Waals surface area (Å²) in [6.45, 7) is 1.51. The molecule has 0 bridgehead atoms. The van der Waals surface area contributed by atoms with E-state index in [1.54, 1.807) is 23.7 Å². The zero-order valence-corrected chi connectivity index (χ0v) is 19.6. The summed E-state index contributed by atoms with van der Waals surface area (Å²) in [6, 6.07) is 18.7. The molecule has 1 N–H and O–H groups in total. The fourth-order valence-electron chi connectivity index (χ4n) is 3.96. The number of ether oxygens (including phenoxy) is 1. The minimum Gasteiger partial charge on any atom is -0.491 e. The predicted octanol–water partition coefficient (Wildman–Crippen LogP) is 4.07. The van der Waals surface area contributed by atoms with E-state index in [-0.39, 0.29) is 10.6 Å². The van der Waals surface area contributed by atoms with Crippen molar-refractivity contribution in [2.45, 2.75) is 30.6 Å². The summed E-state index contributed by atoms with van der Waals surface area (Å²) in [4.78, 5) is 13.1. The van der Waals surface area contributed by atoms with Crippen molar-refractivity contribution in [3.05, 3.63) is 78.1 Å². The highest BCUT2D eigenvalue weighted by Gasteiger charge is 2.28. The highest BCUT2D eigenvalue weighted by atomic mass is 32.2. The first kappa shape index (κ1) is 23.1. The van der Waals surface area contributed by atoms with E-state index in [1.807, 2.05) is 42.5 Å². The predicted molar refractivity (Wildman–Crippen MR) is 128 cm³/mol. The Labute approximate surface area is 195 Å². The number of sulfonamides is 1. The molecule has 0 aliphatic carbocycles. The lowest BCUT2D eigenvalue weighted by atomic mass is 10.2. The summed E-state index contributed by atoms with van der Waals surface area (Å²) in [5, 5.41) is 2.87. The maximum atomic E-state index is 13.0. The molecule has 0 saturated carbocycles. The van der Waals surface area contributed by atoms with Gasteiger partial charge in [-0.15, -0.1) is 0 Å². The molecule has 1 saturated heterocycles. The molecule has 7 nitrogen and oxygen atoms in total. The number of para-hydroxylation sites is 2. The van der Waals surface area contributed by atoms with Gasteiger partial charge in [-0.25, -0.2) is 8.42 Å². The molecule has 3 aromatic rings. The molecule has 1 aliphatic heterocycles. The van der Waals surface area contributed by atoms with Crippen molar-refractivity contribution in [1.29, 1.82) is 0 Å². The van der Waals surface area contributed by atoms with Crippen LogP contribution < -0.4 is 10.1 Å². The quantitative estimate of drug-likeness (QED) is 0.542. The van der Waals surface area contributed by atoms with Crippen molar-refractivity contribution in [2.75, 3.05) is 25.0 Å². The third-order valence-corrected chi connectivity index (χ3v) is 7.66. The van der Waals surface area contributed by atoms with Crippen LogP contribution in [0.1, 0.15) is 35.3 Å². The van der Waals surface area contributed by atoms with Crippen LogP contribution in [0, 0.1) is 0 Å². The van der Waals surface area contributed by atoms with E-state index in [4.69, 9.17) is 4.74 Å². The second-order valence-electron chi connectivity index (χ2n) is 8.17. The van der Waals surface area contributed by atoms with Crippen molar-refractivity contribution in [3.63, 3.8) is 0 Å². The summed E-state index contributed by atoms with van der Waals surface area (Å²) in [5.41, 5.74) is 1.98. The first-order valence-electron chi connectivity index (χ1n) is 11.2. The van der Waals surface area contributed by atoms with Crippen LogP contribution in [0.2, 0.25) is 0 Å². The minimum atomic E-state index is -3.61. The number of anilines is 1. The number of nitrogens with zero attached hydrogens (tertiary/aromatic N) is 2. The Hall–Kier alpha value is -3.10. The molecule has 1 fully saturated rings. The molecule has 8 heteroatoms. The minimum absolute atomic E-state index is 0.143. The van der Waals surface area contributed by atoms with Crippen molar-refractivity contribution in [2.24, 2.45) is 7.05 Å². The van der Waals surface area contributed by atoms with Crippen molar-refractivity contribution >= 4 is 21.6 Å². The second kappa shape index (κ2) is 10.2. The smallest absolute Gasteiger partial charge is 0.272 e. The normalized spacial score (nSPS) is 14.7. The van der Waals surface area contributed by atoms with Gasteiger partial charge in [-0.2, -0.15) is 4.31 Å². The van der Waals surface area contributed by atoms with E-state index < -0.39 is 15.9 Å². The van der Waals surface area contributed by atoms with Gasteiger partial charge in [0.2, 0.25) is 10.0 Å². The first-order chi connectivity index (χ1) is 15.9. The maximum absolute atomic E-state index is 13.0. The van der Waals surface area contributed by atoms with Crippen LogP contribution in [-0.4, -0.2) is 42.9 Å². The molecular formula is C25H29N3O4S. The van der Waals surface area contributed by atoms with E-state index in [0.29, 0.717) is 31.1 Å². The summed E-state index contributed by atoms with van der Waals surface area (Å²) in [6.07, 6.45) is 5.02. The molecule has 0 atom stereocenters. The van der Waals surface area contributed by atoms with Crippen LogP contribution in [0.15, 0.2) is 71.8 Å². The molecule has 2 heterocycles. The topological polar surface area (TPSA) is 80.6 Å². The summed E-state index contributed by atoms with van der Waals surface area (Å²) >= 11 is 0. The van der Waals surface area contributed by atoms with Crippen LogP contribution >= 0.6 is 0 Å². The number of carbonyl (C=O) groups excluding carboxylic acids is 1. The number of nitrogens with one attached hydrogen (secondary N) is 1. The van der Waals surface area contributed by atoms with Gasteiger partial charge >= 0.3 is 0 Å². The van der Waals surface area contributed by atoms with E-state index in [2.05, 4.69) is 5.32 Å². The van der Waals surface area contributed by atoms with Gasteiger partial charge in [-0.1, -0.05) is 48.9 Å². The van der Waals surface area contributed by atoms with Crippen LogP contribution in [-0.2, 0) is 23.5 Å². The SMILES string of the molecule is Cn1cc(S(=O)(=O)N2CCCCC2)cc1C(=O)Nc1ccccc1OCCc1ccccc1. The number of amides is 1. The van der Waals surface area contributed by atoms with Gasteiger partial charge in [0.15, 0.2) is 0 Å². The monoisotopic (exact) mass is 467 g/mol. The van der Waals surface area contributed by atoms with E-state index in [0.717, 1.165) is 25.7 Å². The zero-order valence-electron chi connectivity index (χ0n) is 18.7. The number of rotatable bonds is 8. The molecule has 2 aromatic carbocycles. The molecule has 174 valence electrons. The Morgan fingerprint density at radius 3 is 2.45 bits per heavy atom. The molecular weight excluding hydrogens is 438 g/mol. The number of hydrogen-bond acceptors (Lipinski definition) is 4. The third kappa shape index (κ3) is 5.46. The molecule has 0 spiro atoms. The van der Waals surface area contributed by atoms with Crippen molar-refractivity contribution in [1.82, 2.24) is 8.87 Å². The summed E-state index contributed by atoms with van der Waals surface area (Å²) < 4.78 is 34.9. The fraction of sp³-hybridized carbons (Fsp3) is 0.320. The van der Waals surface area contributed by atoms with Gasteiger partial charge < -0.3 is 14.6 Å². The standard InChI is InChI=1S/C25H29N3O4S/c1-27-19-21(33(30,31)28-15-8-3-9-16-28)18-23(27)25(29)26-22-12-6-7-13-24(22)32-17-14-20-10-4-2-5-11-20/h2,4-7,10-13,18-19H,3,8-9,14-17H2,1H3,(H,26,29). The molecule has 33 heavy (non-hydrogen) atoms. The Kier molecular flexibility index (Phi) is 7.15. The maximum Gasteiger partial charge on any atom is 0.272 e. The largest absolute Gasteiger partial charge is 0.491 e. The van der Waals surface area contributed by atoms with E-state index >= 15 is 0 Å². The van der Waals surface area contributed by atoms with Crippen LogP contribution in [0.5, 0.6) is 5.75 Å². The summed E-state index contributed by atoms with van der Waals surface area (Å²) in [7, 11) is -1.94. The Morgan fingerprint density at radius 1 is 1.00 bits per heavy atom. The second-order valence-corrected chi connectivity index (χ2v) is 10.1. The van der Waals surface area contributed by atoms with Crippen LogP contribution in [0.3, 0.4) is 0 Å². The fourth-order valence-corrected chi connectivity index (χ4v) is 5.55. The Balaban J connectivity index is 1.45. The third-order valence-electron chi connectivity index (χ3n) is 5.79. The van der Waals surface area contributed by atoms with E-state index in [9.17, 15) is 13.2 Å². The van der Waals surface area contributed by atoms with Gasteiger partial charge in [0, 0.05) is 32.8 Å². The molecule has 1 aromatic heterocycles. The number of hydrogen-bond donors (Lipinski definition) is 1. The molecule has 1 aliphatic rings. The van der Waals surface area contributed by atoms with Crippen molar-refractivity contribution in [3.8, 4) is 5.75 Å². The number of aryl methyl sites for hydroxylation is 1. The molecule has 0 unspecified atom stereocenters. The van der Waals surface area contributed by atoms with Gasteiger partial charge in [0.1, 0.15) is 16.3 Å². The lowest BCUT2D eigenvalue weighted by molar-refractivity contribution is 0.101. The van der Waals surface area contributed by atoms with Crippen LogP contribution in [0.25, 0.3) is 0 Å². The zero-order chi connectivity index (χ0) is 23.3. The lowest BCUT2D eigenvalue weighted by Crippen LogP contribution is -2.35. The van der Waals surface area contributed by atoms with E-state index in [1.165, 1.54) is 22.1 Å².